The lowest BCUT2D eigenvalue weighted by molar-refractivity contribution is 0.661. The van der Waals surface area contributed by atoms with E-state index in [1.807, 2.05) is 0 Å². The molecule has 0 radical (unpaired) electrons. The van der Waals surface area contributed by atoms with E-state index in [0.29, 0.717) is 0 Å². The zero-order chi connectivity index (χ0) is 46.8. The summed E-state index contributed by atoms with van der Waals surface area (Å²) in [4.78, 5) is 2.30. The van der Waals surface area contributed by atoms with Crippen LogP contribution in [0.2, 0.25) is 0 Å². The van der Waals surface area contributed by atoms with Crippen molar-refractivity contribution in [3.8, 4) is 44.9 Å². The number of para-hydroxylation sites is 4. The lowest BCUT2D eigenvalue weighted by atomic mass is 9.81. The molecule has 70 heavy (non-hydrogen) atoms. The number of benzene rings is 10. The minimum atomic E-state index is -0.238. The predicted molar refractivity (Wildman–Crippen MR) is 296 cm³/mol. The number of rotatable bonds is 9. The van der Waals surface area contributed by atoms with Crippen LogP contribution in [0.5, 0.6) is 0 Å². The molecular formula is C67H49N3. The normalized spacial score (nSPS) is 12.8. The van der Waals surface area contributed by atoms with Crippen LogP contribution in [0, 0.1) is 0 Å². The highest BCUT2D eigenvalue weighted by Gasteiger charge is 2.37. The molecule has 0 atom stereocenters. The van der Waals surface area contributed by atoms with Crippen molar-refractivity contribution in [2.45, 2.75) is 19.3 Å². The lowest BCUT2D eigenvalue weighted by Crippen LogP contribution is -2.15. The van der Waals surface area contributed by atoms with Gasteiger partial charge in [0.25, 0.3) is 0 Å². The quantitative estimate of drug-likeness (QED) is 0.132. The third-order valence-corrected chi connectivity index (χ3v) is 14.5. The second-order valence-electron chi connectivity index (χ2n) is 19.0. The summed E-state index contributed by atoms with van der Waals surface area (Å²) in [6, 6.07) is 90.5. The Morgan fingerprint density at radius 1 is 0.357 bits per heavy atom. The first-order valence-electron chi connectivity index (χ1n) is 24.3. The SMILES string of the molecule is CC1(C)c2cc(/C=C/c3ccc(N(c4ccccc4)c4ccccc4)cc3)ccc2-c2cc3c(-c4ccccc4)c(-c4ccccc4)n(-c4ccc(-n5c6ccccc6c6ccccc65)cc4)c3cc21. The molecule has 1 aliphatic rings. The van der Waals surface area contributed by atoms with E-state index in [1.54, 1.807) is 0 Å². The van der Waals surface area contributed by atoms with E-state index in [9.17, 15) is 0 Å². The fraction of sp³-hybridized carbons (Fsp3) is 0.0448. The van der Waals surface area contributed by atoms with Crippen molar-refractivity contribution in [2.24, 2.45) is 0 Å². The molecule has 0 fully saturated rings. The minimum absolute atomic E-state index is 0.238. The van der Waals surface area contributed by atoms with Gasteiger partial charge in [0, 0.05) is 55.6 Å². The molecule has 0 aliphatic heterocycles. The van der Waals surface area contributed by atoms with Crippen LogP contribution in [0.4, 0.5) is 17.1 Å². The minimum Gasteiger partial charge on any atom is -0.311 e. The van der Waals surface area contributed by atoms with E-state index in [0.717, 1.165) is 34.0 Å². The molecule has 10 aromatic carbocycles. The van der Waals surface area contributed by atoms with Gasteiger partial charge in [-0.3, -0.25) is 0 Å². The topological polar surface area (TPSA) is 13.1 Å². The van der Waals surface area contributed by atoms with Gasteiger partial charge < -0.3 is 14.0 Å². The molecule has 2 aromatic heterocycles. The van der Waals surface area contributed by atoms with Gasteiger partial charge in [-0.1, -0.05) is 190 Å². The smallest absolute Gasteiger partial charge is 0.0619 e. The van der Waals surface area contributed by atoms with E-state index in [4.69, 9.17) is 0 Å². The maximum Gasteiger partial charge on any atom is 0.0619 e. The van der Waals surface area contributed by atoms with Crippen LogP contribution in [0.15, 0.2) is 249 Å². The second-order valence-corrected chi connectivity index (χ2v) is 19.0. The summed E-state index contributed by atoms with van der Waals surface area (Å²) < 4.78 is 4.91. The van der Waals surface area contributed by atoms with Crippen LogP contribution in [0.1, 0.15) is 36.1 Å². The fourth-order valence-electron chi connectivity index (χ4n) is 11.2. The average molecular weight is 896 g/mol. The fourth-order valence-corrected chi connectivity index (χ4v) is 11.2. The largest absolute Gasteiger partial charge is 0.311 e. The Labute approximate surface area is 409 Å². The number of anilines is 3. The van der Waals surface area contributed by atoms with Gasteiger partial charge in [0.1, 0.15) is 0 Å². The summed E-state index contributed by atoms with van der Waals surface area (Å²) in [5, 5.41) is 3.77. The van der Waals surface area contributed by atoms with Crippen LogP contribution in [0.25, 0.3) is 89.7 Å². The zero-order valence-corrected chi connectivity index (χ0v) is 39.2. The molecule has 13 rings (SSSR count). The molecule has 2 heterocycles. The Bertz CT molecular complexity index is 3820. The molecular weight excluding hydrogens is 847 g/mol. The highest BCUT2D eigenvalue weighted by atomic mass is 15.1. The maximum atomic E-state index is 2.51. The summed E-state index contributed by atoms with van der Waals surface area (Å²) in [5.74, 6) is 0. The summed E-state index contributed by atoms with van der Waals surface area (Å²) in [6.07, 6.45) is 4.49. The molecule has 0 unspecified atom stereocenters. The van der Waals surface area contributed by atoms with Gasteiger partial charge in [0.05, 0.1) is 22.2 Å². The molecule has 332 valence electrons. The number of hydrogen-bond acceptors (Lipinski definition) is 1. The molecule has 0 saturated carbocycles. The highest BCUT2D eigenvalue weighted by molar-refractivity contribution is 6.10. The molecule has 0 saturated heterocycles. The standard InChI is InChI=1S/C67H49N3/c1-67(2)60-43-47(32-31-46-33-36-52(37-34-46)68(50-23-11-5-12-24-50)51-25-13-6-14-26-51)35-42-55(60)58-44-59-64(45-61(58)67)70(66(49-21-9-4-10-22-49)65(59)48-19-7-3-8-20-48)54-40-38-53(39-41-54)69-62-29-17-15-27-56(62)57-28-16-18-30-63(57)69/h3-45H,1-2H3/b32-31+. The van der Waals surface area contributed by atoms with Crippen molar-refractivity contribution in [3.05, 3.63) is 271 Å². The summed E-state index contributed by atoms with van der Waals surface area (Å²) >= 11 is 0. The van der Waals surface area contributed by atoms with Crippen molar-refractivity contribution < 1.29 is 0 Å². The lowest BCUT2D eigenvalue weighted by Gasteiger charge is -2.25. The monoisotopic (exact) mass is 895 g/mol. The van der Waals surface area contributed by atoms with Gasteiger partial charge >= 0.3 is 0 Å². The van der Waals surface area contributed by atoms with Crippen LogP contribution < -0.4 is 4.90 Å². The molecule has 3 heteroatoms. The van der Waals surface area contributed by atoms with Gasteiger partial charge in [-0.05, 0) is 129 Å². The van der Waals surface area contributed by atoms with Gasteiger partial charge in [-0.15, -0.1) is 0 Å². The third-order valence-electron chi connectivity index (χ3n) is 14.5. The summed E-state index contributed by atoms with van der Waals surface area (Å²) in [7, 11) is 0. The predicted octanol–water partition coefficient (Wildman–Crippen LogP) is 18.0. The molecule has 12 aromatic rings. The first kappa shape index (κ1) is 41.3. The van der Waals surface area contributed by atoms with E-state index in [1.165, 1.54) is 82.9 Å². The Hall–Kier alpha value is -8.92. The van der Waals surface area contributed by atoms with Crippen molar-refractivity contribution in [1.29, 1.82) is 0 Å². The Morgan fingerprint density at radius 2 is 0.829 bits per heavy atom. The van der Waals surface area contributed by atoms with Crippen molar-refractivity contribution >= 4 is 61.9 Å². The first-order chi connectivity index (χ1) is 34.5. The van der Waals surface area contributed by atoms with Gasteiger partial charge in [0.2, 0.25) is 0 Å². The number of nitrogens with zero attached hydrogens (tertiary/aromatic N) is 3. The van der Waals surface area contributed by atoms with Gasteiger partial charge in [0.15, 0.2) is 0 Å². The van der Waals surface area contributed by atoms with E-state index in [-0.39, 0.29) is 5.41 Å². The van der Waals surface area contributed by atoms with E-state index < -0.39 is 0 Å². The van der Waals surface area contributed by atoms with E-state index >= 15 is 0 Å². The molecule has 3 nitrogen and oxygen atoms in total. The number of fused-ring (bicyclic) bond motifs is 7. The molecule has 0 spiro atoms. The number of hydrogen-bond donors (Lipinski definition) is 0. The van der Waals surface area contributed by atoms with Crippen LogP contribution in [-0.4, -0.2) is 9.13 Å². The average Bonchev–Trinajstić information content (AvgIpc) is 4.01. The highest BCUT2D eigenvalue weighted by Crippen LogP contribution is 2.53. The van der Waals surface area contributed by atoms with Crippen molar-refractivity contribution in [3.63, 3.8) is 0 Å². The van der Waals surface area contributed by atoms with Gasteiger partial charge in [-0.2, -0.15) is 0 Å². The zero-order valence-electron chi connectivity index (χ0n) is 39.2. The van der Waals surface area contributed by atoms with E-state index in [2.05, 4.69) is 289 Å². The van der Waals surface area contributed by atoms with Crippen molar-refractivity contribution in [2.75, 3.05) is 4.90 Å². The van der Waals surface area contributed by atoms with Crippen LogP contribution in [-0.2, 0) is 5.41 Å². The van der Waals surface area contributed by atoms with Crippen LogP contribution in [0.3, 0.4) is 0 Å². The molecule has 0 bridgehead atoms. The Balaban J connectivity index is 0.912. The first-order valence-corrected chi connectivity index (χ1v) is 24.3. The number of aromatic nitrogens is 2. The third kappa shape index (κ3) is 6.81. The van der Waals surface area contributed by atoms with Crippen LogP contribution >= 0.6 is 0 Å². The molecule has 0 amide bonds. The summed E-state index contributed by atoms with van der Waals surface area (Å²) in [5.41, 5.74) is 21.5. The molecule has 1 aliphatic carbocycles. The molecule has 0 N–H and O–H groups in total. The second kappa shape index (κ2) is 16.7. The van der Waals surface area contributed by atoms with Gasteiger partial charge in [-0.25, -0.2) is 0 Å². The van der Waals surface area contributed by atoms with Crippen molar-refractivity contribution in [1.82, 2.24) is 9.13 Å². The summed E-state index contributed by atoms with van der Waals surface area (Å²) in [6.45, 7) is 4.79. The Morgan fingerprint density at radius 3 is 1.43 bits per heavy atom. The Kier molecular flexibility index (Phi) is 9.85. The maximum absolute atomic E-state index is 2.51.